The Morgan fingerprint density at radius 1 is 1.35 bits per heavy atom. The Morgan fingerprint density at radius 2 is 2.12 bits per heavy atom. The van der Waals surface area contributed by atoms with Gasteiger partial charge in [0.1, 0.15) is 36.6 Å². The predicted octanol–water partition coefficient (Wildman–Crippen LogP) is -0.559. The van der Waals surface area contributed by atoms with Crippen molar-refractivity contribution in [3.63, 3.8) is 0 Å². The lowest BCUT2D eigenvalue weighted by atomic mass is 10.1. The molecule has 4 atom stereocenters. The van der Waals surface area contributed by atoms with Gasteiger partial charge in [0.2, 0.25) is 0 Å². The molecule has 10 heteroatoms. The van der Waals surface area contributed by atoms with Gasteiger partial charge in [-0.3, -0.25) is 4.57 Å². The third kappa shape index (κ3) is 3.57. The molecule has 26 heavy (non-hydrogen) atoms. The third-order valence-corrected chi connectivity index (χ3v) is 3.90. The van der Waals surface area contributed by atoms with Gasteiger partial charge in [0.25, 0.3) is 0 Å². The normalized spacial score (nSPS) is 25.2. The lowest BCUT2D eigenvalue weighted by molar-refractivity contribution is -0.0598. The number of nitrogens with zero attached hydrogens (tertiary/aromatic N) is 2. The molecule has 1 aliphatic heterocycles. The Labute approximate surface area is 146 Å². The van der Waals surface area contributed by atoms with Crippen LogP contribution in [0.5, 0.6) is 0 Å². The zero-order chi connectivity index (χ0) is 18.8. The first-order valence-electron chi connectivity index (χ1n) is 7.66. The standard InChI is InChI=1S/C16H16FN3O6/c17-9-3-1-2-8(6-9)15(23)25-7-10-12(21)13(22)14(26-10)20-5-4-11(18)19-16(20)24/h1-6,10,12-14,21-22H,7H2,(H2,18,19,24)/t10-,12-,13-,14-/m1/s1. The van der Waals surface area contributed by atoms with E-state index in [2.05, 4.69) is 4.98 Å². The number of halogens is 1. The minimum Gasteiger partial charge on any atom is -0.459 e. The van der Waals surface area contributed by atoms with Crippen LogP contribution < -0.4 is 11.4 Å². The highest BCUT2D eigenvalue weighted by Crippen LogP contribution is 2.28. The first-order chi connectivity index (χ1) is 12.4. The number of carbonyl (C=O) groups is 1. The Bertz CT molecular complexity index is 873. The number of esters is 1. The average molecular weight is 365 g/mol. The highest BCUT2D eigenvalue weighted by molar-refractivity contribution is 5.89. The summed E-state index contributed by atoms with van der Waals surface area (Å²) in [5.41, 5.74) is 4.63. The van der Waals surface area contributed by atoms with Crippen molar-refractivity contribution in [1.29, 1.82) is 0 Å². The van der Waals surface area contributed by atoms with E-state index in [-0.39, 0.29) is 11.4 Å². The minimum atomic E-state index is -1.45. The predicted molar refractivity (Wildman–Crippen MR) is 85.5 cm³/mol. The molecule has 0 bridgehead atoms. The molecule has 4 N–H and O–H groups in total. The maximum absolute atomic E-state index is 13.1. The number of hydrogen-bond donors (Lipinski definition) is 3. The molecule has 0 radical (unpaired) electrons. The van der Waals surface area contributed by atoms with Crippen LogP contribution in [0.15, 0.2) is 41.3 Å². The number of nitrogens with two attached hydrogens (primary N) is 1. The van der Waals surface area contributed by atoms with Gasteiger partial charge in [0, 0.05) is 6.20 Å². The maximum Gasteiger partial charge on any atom is 0.351 e. The van der Waals surface area contributed by atoms with Gasteiger partial charge in [-0.1, -0.05) is 6.07 Å². The average Bonchev–Trinajstić information content (AvgIpc) is 2.88. The summed E-state index contributed by atoms with van der Waals surface area (Å²) >= 11 is 0. The second-order valence-electron chi connectivity index (χ2n) is 5.70. The van der Waals surface area contributed by atoms with E-state index in [4.69, 9.17) is 15.2 Å². The van der Waals surface area contributed by atoms with E-state index in [9.17, 15) is 24.2 Å². The van der Waals surface area contributed by atoms with Crippen molar-refractivity contribution >= 4 is 11.8 Å². The number of aliphatic hydroxyl groups excluding tert-OH is 2. The summed E-state index contributed by atoms with van der Waals surface area (Å²) in [7, 11) is 0. The van der Waals surface area contributed by atoms with E-state index in [0.717, 1.165) is 10.6 Å². The van der Waals surface area contributed by atoms with E-state index in [1.807, 2.05) is 0 Å². The number of aliphatic hydroxyl groups is 2. The number of carbonyl (C=O) groups excluding carboxylic acids is 1. The smallest absolute Gasteiger partial charge is 0.351 e. The van der Waals surface area contributed by atoms with E-state index in [0.29, 0.717) is 0 Å². The molecule has 0 amide bonds. The maximum atomic E-state index is 13.1. The van der Waals surface area contributed by atoms with Crippen molar-refractivity contribution in [2.75, 3.05) is 12.3 Å². The molecule has 0 saturated carbocycles. The Balaban J connectivity index is 1.68. The van der Waals surface area contributed by atoms with E-state index >= 15 is 0 Å². The van der Waals surface area contributed by atoms with E-state index in [1.54, 1.807) is 0 Å². The number of benzene rings is 1. The van der Waals surface area contributed by atoms with Gasteiger partial charge in [0.15, 0.2) is 6.23 Å². The molecule has 2 aromatic rings. The summed E-state index contributed by atoms with van der Waals surface area (Å²) < 4.78 is 24.5. The number of aromatic nitrogens is 2. The molecule has 3 rings (SSSR count). The largest absolute Gasteiger partial charge is 0.459 e. The molecular formula is C16H16FN3O6. The Hall–Kier alpha value is -2.82. The van der Waals surface area contributed by atoms with Crippen LogP contribution in [0.1, 0.15) is 16.6 Å². The fraction of sp³-hybridized carbons (Fsp3) is 0.312. The summed E-state index contributed by atoms with van der Waals surface area (Å²) in [4.78, 5) is 27.3. The molecule has 1 aromatic heterocycles. The van der Waals surface area contributed by atoms with Crippen LogP contribution in [0.3, 0.4) is 0 Å². The summed E-state index contributed by atoms with van der Waals surface area (Å²) in [5.74, 6) is -1.41. The van der Waals surface area contributed by atoms with Crippen molar-refractivity contribution in [1.82, 2.24) is 9.55 Å². The fourth-order valence-electron chi connectivity index (χ4n) is 2.57. The van der Waals surface area contributed by atoms with Gasteiger partial charge in [-0.25, -0.2) is 14.0 Å². The summed E-state index contributed by atoms with van der Waals surface area (Å²) in [5, 5.41) is 20.2. The molecule has 1 fully saturated rings. The highest BCUT2D eigenvalue weighted by Gasteiger charge is 2.44. The number of anilines is 1. The second kappa shape index (κ2) is 7.20. The first-order valence-corrected chi connectivity index (χ1v) is 7.66. The Morgan fingerprint density at radius 3 is 2.81 bits per heavy atom. The van der Waals surface area contributed by atoms with E-state index in [1.165, 1.54) is 30.5 Å². The van der Waals surface area contributed by atoms with Gasteiger partial charge < -0.3 is 25.4 Å². The molecule has 2 heterocycles. The van der Waals surface area contributed by atoms with Crippen LogP contribution in [0.4, 0.5) is 10.2 Å². The lowest BCUT2D eigenvalue weighted by Crippen LogP contribution is -2.36. The number of rotatable bonds is 4. The first kappa shape index (κ1) is 18.0. The quantitative estimate of drug-likeness (QED) is 0.613. The zero-order valence-corrected chi connectivity index (χ0v) is 13.4. The minimum absolute atomic E-state index is 0.000131. The molecule has 0 aliphatic carbocycles. The molecule has 1 aromatic carbocycles. The van der Waals surface area contributed by atoms with Crippen LogP contribution in [0.25, 0.3) is 0 Å². The van der Waals surface area contributed by atoms with Crippen molar-refractivity contribution < 1.29 is 28.9 Å². The lowest BCUT2D eigenvalue weighted by Gasteiger charge is -2.16. The molecule has 9 nitrogen and oxygen atoms in total. The number of hydrogen-bond acceptors (Lipinski definition) is 8. The number of nitrogen functional groups attached to an aromatic ring is 1. The number of ether oxygens (including phenoxy) is 2. The van der Waals surface area contributed by atoms with Crippen LogP contribution in [-0.4, -0.2) is 50.7 Å². The van der Waals surface area contributed by atoms with Crippen LogP contribution >= 0.6 is 0 Å². The van der Waals surface area contributed by atoms with Crippen LogP contribution in [-0.2, 0) is 9.47 Å². The van der Waals surface area contributed by atoms with Crippen molar-refractivity contribution in [3.8, 4) is 0 Å². The van der Waals surface area contributed by atoms with Gasteiger partial charge in [-0.05, 0) is 24.3 Å². The van der Waals surface area contributed by atoms with Crippen LogP contribution in [0, 0.1) is 5.82 Å². The topological polar surface area (TPSA) is 137 Å². The summed E-state index contributed by atoms with van der Waals surface area (Å²) in [6.07, 6.45) is -3.90. The van der Waals surface area contributed by atoms with Crippen molar-refractivity contribution in [2.24, 2.45) is 0 Å². The van der Waals surface area contributed by atoms with Gasteiger partial charge in [-0.2, -0.15) is 4.98 Å². The van der Waals surface area contributed by atoms with Crippen molar-refractivity contribution in [2.45, 2.75) is 24.5 Å². The third-order valence-electron chi connectivity index (χ3n) is 3.90. The van der Waals surface area contributed by atoms with Gasteiger partial charge in [-0.15, -0.1) is 0 Å². The summed E-state index contributed by atoms with van der Waals surface area (Å²) in [6.45, 7) is -0.402. The molecular weight excluding hydrogens is 349 g/mol. The second-order valence-corrected chi connectivity index (χ2v) is 5.70. The van der Waals surface area contributed by atoms with Crippen molar-refractivity contribution in [3.05, 3.63) is 58.4 Å². The SMILES string of the molecule is Nc1ccn([C@@H]2O[C@H](COC(=O)c3cccc(F)c3)[C@@H](O)[C@H]2O)c(=O)n1. The molecule has 0 unspecified atom stereocenters. The zero-order valence-electron chi connectivity index (χ0n) is 13.4. The fourth-order valence-corrected chi connectivity index (χ4v) is 2.57. The summed E-state index contributed by atoms with van der Waals surface area (Å²) in [6, 6.07) is 6.24. The Kier molecular flexibility index (Phi) is 4.98. The van der Waals surface area contributed by atoms with Crippen LogP contribution in [0.2, 0.25) is 0 Å². The molecule has 1 aliphatic rings. The van der Waals surface area contributed by atoms with Gasteiger partial charge >= 0.3 is 11.7 Å². The molecule has 1 saturated heterocycles. The van der Waals surface area contributed by atoms with Gasteiger partial charge in [0.05, 0.1) is 5.56 Å². The highest BCUT2D eigenvalue weighted by atomic mass is 19.1. The van der Waals surface area contributed by atoms with E-state index < -0.39 is 48.6 Å². The molecule has 0 spiro atoms. The monoisotopic (exact) mass is 365 g/mol. The molecule has 138 valence electrons.